The van der Waals surface area contributed by atoms with Crippen LogP contribution >= 0.6 is 0 Å². The zero-order valence-electron chi connectivity index (χ0n) is 7.21. The Kier molecular flexibility index (Phi) is 1.72. The molecule has 0 bridgehead atoms. The number of nitrogens with one attached hydrogen (secondary N) is 1. The number of rotatable bonds is 2. The highest BCUT2D eigenvalue weighted by Crippen LogP contribution is 2.35. The molecule has 0 aromatic carbocycles. The third-order valence-corrected chi connectivity index (χ3v) is 4.56. The third kappa shape index (κ3) is 1.08. The normalized spacial score (nSPS) is 28.1. The number of hydrogen-bond acceptors (Lipinski definition) is 3. The second-order valence-corrected chi connectivity index (χ2v) is 6.03. The molecule has 0 amide bonds. The van der Waals surface area contributed by atoms with Crippen molar-refractivity contribution in [3.8, 4) is 0 Å². The molecule has 0 atom stereocenters. The molecule has 1 N–H and O–H groups in total. The van der Waals surface area contributed by atoms with Crippen molar-refractivity contribution in [2.45, 2.75) is 6.92 Å². The molecule has 5 heteroatoms. The van der Waals surface area contributed by atoms with Gasteiger partial charge in [-0.2, -0.15) is 0 Å². The summed E-state index contributed by atoms with van der Waals surface area (Å²) in [5.41, 5.74) is 0.308. The van der Waals surface area contributed by atoms with E-state index in [4.69, 9.17) is 0 Å². The lowest BCUT2D eigenvalue weighted by atomic mass is 9.76. The summed E-state index contributed by atoms with van der Waals surface area (Å²) in [4.78, 5) is 0. The third-order valence-electron chi connectivity index (χ3n) is 2.78. The molecule has 12 heavy (non-hydrogen) atoms. The smallest absolute Gasteiger partial charge is 0.213 e. The van der Waals surface area contributed by atoms with Gasteiger partial charge in [-0.3, -0.25) is 0 Å². The quantitative estimate of drug-likeness (QED) is 0.623. The van der Waals surface area contributed by atoms with Crippen LogP contribution in [0.5, 0.6) is 0 Å². The Morgan fingerprint density at radius 2 is 2.00 bits per heavy atom. The monoisotopic (exact) mass is 190 g/mol. The van der Waals surface area contributed by atoms with Crippen molar-refractivity contribution < 1.29 is 8.42 Å². The highest BCUT2D eigenvalue weighted by Gasteiger charge is 2.50. The summed E-state index contributed by atoms with van der Waals surface area (Å²) < 4.78 is 24.2. The largest absolute Gasteiger partial charge is 0.315 e. The van der Waals surface area contributed by atoms with E-state index in [1.165, 1.54) is 0 Å². The summed E-state index contributed by atoms with van der Waals surface area (Å²) in [6, 6.07) is 0. The first kappa shape index (κ1) is 8.47. The van der Waals surface area contributed by atoms with Crippen molar-refractivity contribution in [2.24, 2.45) is 5.41 Å². The SMILES string of the molecule is CCS(=O)(=O)N1CC2(CNC2)C1. The van der Waals surface area contributed by atoms with Crippen molar-refractivity contribution >= 4 is 10.0 Å². The number of nitrogens with zero attached hydrogens (tertiary/aromatic N) is 1. The van der Waals surface area contributed by atoms with E-state index in [0.29, 0.717) is 5.41 Å². The highest BCUT2D eigenvalue weighted by atomic mass is 32.2. The van der Waals surface area contributed by atoms with Gasteiger partial charge < -0.3 is 5.32 Å². The fourth-order valence-electron chi connectivity index (χ4n) is 1.78. The predicted molar refractivity (Wildman–Crippen MR) is 46.3 cm³/mol. The average Bonchev–Trinajstić information content (AvgIpc) is 1.80. The Balaban J connectivity index is 1.96. The van der Waals surface area contributed by atoms with Crippen LogP contribution in [0, 0.1) is 5.41 Å². The first-order chi connectivity index (χ1) is 5.58. The standard InChI is InChI=1S/C7H14N2O2S/c1-2-12(10,11)9-5-7(6-9)3-8-4-7/h8H,2-6H2,1H3. The van der Waals surface area contributed by atoms with E-state index >= 15 is 0 Å². The number of sulfonamides is 1. The van der Waals surface area contributed by atoms with Crippen LogP contribution in [0.1, 0.15) is 6.92 Å². The van der Waals surface area contributed by atoms with Gasteiger partial charge in [0.05, 0.1) is 5.75 Å². The zero-order valence-corrected chi connectivity index (χ0v) is 8.02. The minimum Gasteiger partial charge on any atom is -0.315 e. The van der Waals surface area contributed by atoms with Crippen molar-refractivity contribution in [3.63, 3.8) is 0 Å². The summed E-state index contributed by atoms with van der Waals surface area (Å²) in [7, 11) is -2.90. The molecule has 2 saturated heterocycles. The Hall–Kier alpha value is -0.130. The first-order valence-corrected chi connectivity index (χ1v) is 5.87. The molecule has 0 saturated carbocycles. The van der Waals surface area contributed by atoms with Crippen LogP contribution in [0.2, 0.25) is 0 Å². The summed E-state index contributed by atoms with van der Waals surface area (Å²) >= 11 is 0. The summed E-state index contributed by atoms with van der Waals surface area (Å²) in [6.45, 7) is 5.14. The first-order valence-electron chi connectivity index (χ1n) is 4.27. The second-order valence-electron chi connectivity index (χ2n) is 3.77. The van der Waals surface area contributed by atoms with Gasteiger partial charge in [0.15, 0.2) is 0 Å². The molecule has 0 radical (unpaired) electrons. The van der Waals surface area contributed by atoms with Crippen molar-refractivity contribution in [1.29, 1.82) is 0 Å². The average molecular weight is 190 g/mol. The topological polar surface area (TPSA) is 49.4 Å². The van der Waals surface area contributed by atoms with Crippen molar-refractivity contribution in [1.82, 2.24) is 9.62 Å². The maximum atomic E-state index is 11.3. The molecule has 2 heterocycles. The molecule has 70 valence electrons. The summed E-state index contributed by atoms with van der Waals surface area (Å²) in [5, 5.41) is 3.17. The molecule has 2 aliphatic heterocycles. The van der Waals surface area contributed by atoms with Gasteiger partial charge in [0.25, 0.3) is 0 Å². The zero-order chi connectivity index (χ0) is 8.82. The lowest BCUT2D eigenvalue weighted by molar-refractivity contribution is 0.0165. The molecular formula is C7H14N2O2S. The lowest BCUT2D eigenvalue weighted by Crippen LogP contribution is -2.71. The molecular weight excluding hydrogens is 176 g/mol. The second kappa shape index (κ2) is 2.43. The Labute approximate surface area is 73.0 Å². The van der Waals surface area contributed by atoms with E-state index in [1.807, 2.05) is 0 Å². The molecule has 0 aromatic heterocycles. The van der Waals surface area contributed by atoms with Gasteiger partial charge in [-0.15, -0.1) is 0 Å². The van der Waals surface area contributed by atoms with E-state index in [2.05, 4.69) is 5.32 Å². The molecule has 4 nitrogen and oxygen atoms in total. The van der Waals surface area contributed by atoms with Crippen LogP contribution in [0.4, 0.5) is 0 Å². The van der Waals surface area contributed by atoms with Gasteiger partial charge in [0, 0.05) is 31.6 Å². The van der Waals surface area contributed by atoms with Crippen LogP contribution in [0.15, 0.2) is 0 Å². The maximum absolute atomic E-state index is 11.3. The molecule has 1 spiro atoms. The maximum Gasteiger partial charge on any atom is 0.213 e. The molecule has 2 aliphatic rings. The number of hydrogen-bond donors (Lipinski definition) is 1. The molecule has 0 aromatic rings. The van der Waals surface area contributed by atoms with Gasteiger partial charge in [0.1, 0.15) is 0 Å². The van der Waals surface area contributed by atoms with E-state index < -0.39 is 10.0 Å². The van der Waals surface area contributed by atoms with Gasteiger partial charge in [-0.25, -0.2) is 12.7 Å². The van der Waals surface area contributed by atoms with Gasteiger partial charge >= 0.3 is 0 Å². The van der Waals surface area contributed by atoms with Crippen LogP contribution in [0.3, 0.4) is 0 Å². The molecule has 2 fully saturated rings. The molecule has 0 aliphatic carbocycles. The van der Waals surface area contributed by atoms with Crippen molar-refractivity contribution in [2.75, 3.05) is 31.9 Å². The van der Waals surface area contributed by atoms with Crippen LogP contribution in [-0.4, -0.2) is 44.7 Å². The Morgan fingerprint density at radius 3 is 2.33 bits per heavy atom. The van der Waals surface area contributed by atoms with Crippen LogP contribution in [-0.2, 0) is 10.0 Å². The van der Waals surface area contributed by atoms with Gasteiger partial charge in [-0.05, 0) is 6.92 Å². The van der Waals surface area contributed by atoms with E-state index in [-0.39, 0.29) is 5.75 Å². The molecule has 0 unspecified atom stereocenters. The Bertz CT molecular complexity index is 274. The summed E-state index contributed by atoms with van der Waals surface area (Å²) in [5.74, 6) is 0.233. The highest BCUT2D eigenvalue weighted by molar-refractivity contribution is 7.89. The Morgan fingerprint density at radius 1 is 1.42 bits per heavy atom. The van der Waals surface area contributed by atoms with Crippen molar-refractivity contribution in [3.05, 3.63) is 0 Å². The minimum atomic E-state index is -2.90. The molecule has 2 rings (SSSR count). The van der Waals surface area contributed by atoms with Gasteiger partial charge in [0.2, 0.25) is 10.0 Å². The fraction of sp³-hybridized carbons (Fsp3) is 1.00. The van der Waals surface area contributed by atoms with Crippen LogP contribution in [0.25, 0.3) is 0 Å². The predicted octanol–water partition coefficient (Wildman–Crippen LogP) is -0.759. The summed E-state index contributed by atoms with van der Waals surface area (Å²) in [6.07, 6.45) is 0. The minimum absolute atomic E-state index is 0.233. The fourth-order valence-corrected chi connectivity index (χ4v) is 3.09. The lowest BCUT2D eigenvalue weighted by Gasteiger charge is -2.55. The van der Waals surface area contributed by atoms with E-state index in [1.54, 1.807) is 11.2 Å². The van der Waals surface area contributed by atoms with Gasteiger partial charge in [-0.1, -0.05) is 0 Å². The van der Waals surface area contributed by atoms with Crippen LogP contribution < -0.4 is 5.32 Å². The van der Waals surface area contributed by atoms with E-state index in [0.717, 1.165) is 26.2 Å². The van der Waals surface area contributed by atoms with E-state index in [9.17, 15) is 8.42 Å².